The number of ether oxygens (including phenoxy) is 1. The zero-order chi connectivity index (χ0) is 16.8. The summed E-state index contributed by atoms with van der Waals surface area (Å²) in [6, 6.07) is 5.30. The quantitative estimate of drug-likeness (QED) is 0.915. The average molecular weight is 336 g/mol. The van der Waals surface area contributed by atoms with Crippen molar-refractivity contribution >= 4 is 21.9 Å². The smallest absolute Gasteiger partial charge is 0.448 e. The molecule has 9 heteroatoms. The van der Waals surface area contributed by atoms with E-state index in [0.717, 1.165) is 13.0 Å². The van der Waals surface area contributed by atoms with Crippen LogP contribution < -0.4 is 4.74 Å². The molecule has 0 radical (unpaired) electrons. The molecule has 1 aliphatic rings. The molecule has 1 N–H and O–H groups in total. The zero-order valence-corrected chi connectivity index (χ0v) is 12.0. The van der Waals surface area contributed by atoms with Gasteiger partial charge in [0.1, 0.15) is 11.3 Å². The van der Waals surface area contributed by atoms with E-state index in [9.17, 15) is 26.4 Å². The molecular weight excluding hydrogens is 325 g/mol. The molecule has 0 saturated carbocycles. The predicted molar refractivity (Wildman–Crippen MR) is 70.9 cm³/mol. The van der Waals surface area contributed by atoms with Gasteiger partial charge in [0.2, 0.25) is 9.84 Å². The van der Waals surface area contributed by atoms with Gasteiger partial charge in [-0.3, -0.25) is 0 Å². The number of para-hydroxylation sites is 1. The fraction of sp³-hybridized carbons (Fsp3) is 0.308. The van der Waals surface area contributed by atoms with E-state index >= 15 is 0 Å². The molecule has 0 amide bonds. The van der Waals surface area contributed by atoms with Crippen LogP contribution in [0.15, 0.2) is 29.8 Å². The minimum Gasteiger partial charge on any atom is -0.478 e. The summed E-state index contributed by atoms with van der Waals surface area (Å²) in [4.78, 5) is 7.35. The monoisotopic (exact) mass is 336 g/mol. The van der Waals surface area contributed by atoms with Crippen LogP contribution >= 0.6 is 0 Å². The van der Waals surface area contributed by atoms with Crippen molar-refractivity contribution in [3.05, 3.63) is 35.4 Å². The van der Waals surface area contributed by atoms with E-state index in [-0.39, 0.29) is 11.3 Å². The molecule has 1 aromatic carbocycles. The normalized spacial score (nSPS) is 21.5. The Bertz CT molecular complexity index is 751. The second-order valence-electron chi connectivity index (χ2n) is 4.52. The Kier molecular flexibility index (Phi) is 3.72. The molecule has 0 fully saturated rings. The molecule has 5 nitrogen and oxygen atoms in total. The highest BCUT2D eigenvalue weighted by atomic mass is 32.2. The number of hydrogen-bond donors (Lipinski definition) is 1. The van der Waals surface area contributed by atoms with Crippen molar-refractivity contribution in [2.24, 2.45) is 0 Å². The van der Waals surface area contributed by atoms with Crippen LogP contribution in [0.1, 0.15) is 12.5 Å². The largest absolute Gasteiger partial charge is 0.478 e. The van der Waals surface area contributed by atoms with Gasteiger partial charge in [0.25, 0.3) is 0 Å². The van der Waals surface area contributed by atoms with Gasteiger partial charge in [-0.15, -0.1) is 0 Å². The number of benzene rings is 1. The number of aliphatic carboxylic acids is 1. The van der Waals surface area contributed by atoms with E-state index < -0.39 is 38.2 Å². The summed E-state index contributed by atoms with van der Waals surface area (Å²) < 4.78 is 69.7. The maximum Gasteiger partial charge on any atom is 0.448 e. The van der Waals surface area contributed by atoms with Crippen LogP contribution in [0.25, 0.3) is 6.08 Å². The van der Waals surface area contributed by atoms with E-state index in [0.29, 0.717) is 6.08 Å². The molecule has 1 aliphatic heterocycles. The van der Waals surface area contributed by atoms with Crippen LogP contribution in [0.2, 0.25) is 0 Å². The SMILES string of the molecule is CCS(=O)(=O)C1(C(F)(F)F)Oc2ccccc2C=C1C(=O)O. The average Bonchev–Trinajstić information content (AvgIpc) is 2.44. The van der Waals surface area contributed by atoms with Crippen LogP contribution in [-0.4, -0.2) is 36.4 Å². The number of sulfone groups is 1. The van der Waals surface area contributed by atoms with Crippen molar-refractivity contribution in [2.45, 2.75) is 18.0 Å². The van der Waals surface area contributed by atoms with Crippen molar-refractivity contribution in [3.63, 3.8) is 0 Å². The first-order valence-electron chi connectivity index (χ1n) is 6.09. The van der Waals surface area contributed by atoms with Gasteiger partial charge in [0.05, 0.1) is 5.75 Å². The van der Waals surface area contributed by atoms with Gasteiger partial charge in [0.15, 0.2) is 0 Å². The fourth-order valence-corrected chi connectivity index (χ4v) is 3.63. The lowest BCUT2D eigenvalue weighted by molar-refractivity contribution is -0.203. The van der Waals surface area contributed by atoms with Gasteiger partial charge in [-0.2, -0.15) is 13.2 Å². The minimum atomic E-state index is -5.46. The Labute approximate surface area is 123 Å². The second kappa shape index (κ2) is 5.01. The Morgan fingerprint density at radius 1 is 1.32 bits per heavy atom. The molecule has 120 valence electrons. The van der Waals surface area contributed by atoms with Crippen molar-refractivity contribution in [1.29, 1.82) is 0 Å². The van der Waals surface area contributed by atoms with E-state index in [4.69, 9.17) is 9.84 Å². The summed E-state index contributed by atoms with van der Waals surface area (Å²) in [6.45, 7) is 0.992. The molecule has 1 heterocycles. The van der Waals surface area contributed by atoms with E-state index in [1.165, 1.54) is 18.2 Å². The van der Waals surface area contributed by atoms with E-state index in [1.54, 1.807) is 0 Å². The van der Waals surface area contributed by atoms with Gasteiger partial charge >= 0.3 is 17.1 Å². The van der Waals surface area contributed by atoms with Crippen LogP contribution in [0.5, 0.6) is 5.75 Å². The number of fused-ring (bicyclic) bond motifs is 1. The Hall–Kier alpha value is -2.03. The third kappa shape index (κ3) is 2.16. The minimum absolute atomic E-state index is 0.0612. The van der Waals surface area contributed by atoms with E-state index in [2.05, 4.69) is 0 Å². The van der Waals surface area contributed by atoms with Gasteiger partial charge in [0, 0.05) is 5.56 Å². The molecule has 0 bridgehead atoms. The number of alkyl halides is 3. The van der Waals surface area contributed by atoms with Crippen LogP contribution in [-0.2, 0) is 14.6 Å². The highest BCUT2D eigenvalue weighted by molar-refractivity contribution is 7.93. The molecule has 0 saturated heterocycles. The molecule has 22 heavy (non-hydrogen) atoms. The molecule has 0 aromatic heterocycles. The topological polar surface area (TPSA) is 80.7 Å². The first kappa shape index (κ1) is 16.3. The van der Waals surface area contributed by atoms with Gasteiger partial charge in [-0.25, -0.2) is 13.2 Å². The summed E-state index contributed by atoms with van der Waals surface area (Å²) in [7, 11) is -4.97. The van der Waals surface area contributed by atoms with E-state index in [1.807, 2.05) is 0 Å². The highest BCUT2D eigenvalue weighted by Gasteiger charge is 2.71. The van der Waals surface area contributed by atoms with Crippen molar-refractivity contribution < 1.29 is 36.2 Å². The zero-order valence-electron chi connectivity index (χ0n) is 11.2. The summed E-state index contributed by atoms with van der Waals surface area (Å²) in [6.07, 6.45) is -4.78. The van der Waals surface area contributed by atoms with Gasteiger partial charge < -0.3 is 9.84 Å². The summed E-state index contributed by atoms with van der Waals surface area (Å²) in [5.74, 6) is -3.29. The standard InChI is InChI=1S/C13H11F3O5S/c1-2-22(19,20)12(13(14,15)16)9(11(17)18)7-8-5-3-4-6-10(8)21-12/h3-7H,2H2,1H3,(H,17,18). The number of carbonyl (C=O) groups is 1. The summed E-state index contributed by atoms with van der Waals surface area (Å²) >= 11 is 0. The maximum absolute atomic E-state index is 13.6. The molecule has 0 spiro atoms. The van der Waals surface area contributed by atoms with Crippen molar-refractivity contribution in [3.8, 4) is 5.75 Å². The first-order valence-corrected chi connectivity index (χ1v) is 7.74. The third-order valence-electron chi connectivity index (χ3n) is 3.25. The number of carboxylic acids is 1. The van der Waals surface area contributed by atoms with Crippen LogP contribution in [0.4, 0.5) is 13.2 Å². The second-order valence-corrected chi connectivity index (χ2v) is 6.90. The Morgan fingerprint density at radius 2 is 1.91 bits per heavy atom. The van der Waals surface area contributed by atoms with Crippen LogP contribution in [0, 0.1) is 0 Å². The molecule has 0 aliphatic carbocycles. The lowest BCUT2D eigenvalue weighted by atomic mass is 10.0. The summed E-state index contributed by atoms with van der Waals surface area (Å²) in [5, 5.41) is 9.11. The van der Waals surface area contributed by atoms with Crippen molar-refractivity contribution in [1.82, 2.24) is 0 Å². The predicted octanol–water partition coefficient (Wildman–Crippen LogP) is 2.24. The highest BCUT2D eigenvalue weighted by Crippen LogP contribution is 2.48. The molecule has 1 atom stereocenters. The maximum atomic E-state index is 13.6. The number of rotatable bonds is 3. The fourth-order valence-electron chi connectivity index (χ4n) is 2.18. The summed E-state index contributed by atoms with van der Waals surface area (Å²) in [5.41, 5.74) is -1.31. The molecule has 1 unspecified atom stereocenters. The molecular formula is C13H11F3O5S. The van der Waals surface area contributed by atoms with Gasteiger partial charge in [-0.05, 0) is 12.1 Å². The number of hydrogen-bond acceptors (Lipinski definition) is 4. The molecule has 1 aromatic rings. The Balaban J connectivity index is 2.88. The Morgan fingerprint density at radius 3 is 2.41 bits per heavy atom. The first-order chi connectivity index (χ1) is 10.1. The lowest BCUT2D eigenvalue weighted by Gasteiger charge is -2.38. The number of carboxylic acid groups (broad SMARTS) is 1. The lowest BCUT2D eigenvalue weighted by Crippen LogP contribution is -2.60. The van der Waals surface area contributed by atoms with Gasteiger partial charge in [-0.1, -0.05) is 25.1 Å². The third-order valence-corrected chi connectivity index (χ3v) is 5.42. The van der Waals surface area contributed by atoms with Crippen molar-refractivity contribution in [2.75, 3.05) is 5.75 Å². The number of halogens is 3. The molecule has 2 rings (SSSR count). The van der Waals surface area contributed by atoms with Crippen LogP contribution in [0.3, 0.4) is 0 Å².